The summed E-state index contributed by atoms with van der Waals surface area (Å²) in [5.41, 5.74) is 17.3. The molecule has 64 heavy (non-hydrogen) atoms. The van der Waals surface area contributed by atoms with Gasteiger partial charge < -0.3 is 19.1 Å². The molecular weight excluding hydrogens is 800 g/mol. The number of benzene rings is 8. The van der Waals surface area contributed by atoms with Crippen LogP contribution in [0.1, 0.15) is 52.7 Å². The Kier molecular flexibility index (Phi) is 8.60. The molecule has 0 spiro atoms. The SMILES string of the molecule is CC(C)(C)c1ccc(Nc2cc3c(cc2-c2c4c(cc5c2oc2ccccc25)N(c2ccc(C(C)(C)C)cc2-c2ccccc2)c2c(sc5ccccc25)B4)oc2ccccc23)cc1. The third kappa shape index (κ3) is 6.18. The Morgan fingerprint density at radius 2 is 1.16 bits per heavy atom. The molecule has 0 unspecified atom stereocenters. The van der Waals surface area contributed by atoms with E-state index in [1.807, 2.05) is 17.4 Å². The highest BCUT2D eigenvalue weighted by atomic mass is 32.1. The van der Waals surface area contributed by atoms with E-state index in [9.17, 15) is 0 Å². The number of nitrogens with zero attached hydrogens (tertiary/aromatic N) is 1. The van der Waals surface area contributed by atoms with Crippen LogP contribution in [0.3, 0.4) is 0 Å². The number of hydrogen-bond donors (Lipinski definition) is 1. The lowest BCUT2D eigenvalue weighted by molar-refractivity contribution is 0.590. The van der Waals surface area contributed by atoms with Crippen LogP contribution in [-0.4, -0.2) is 7.28 Å². The average molecular weight is 847 g/mol. The maximum atomic E-state index is 7.09. The van der Waals surface area contributed by atoms with Gasteiger partial charge in [0.25, 0.3) is 0 Å². The Balaban J connectivity index is 1.20. The summed E-state index contributed by atoms with van der Waals surface area (Å²) < 4.78 is 16.4. The van der Waals surface area contributed by atoms with Crippen molar-refractivity contribution in [3.63, 3.8) is 0 Å². The van der Waals surface area contributed by atoms with Crippen LogP contribution in [-0.2, 0) is 10.8 Å². The Morgan fingerprint density at radius 1 is 0.516 bits per heavy atom. The topological polar surface area (TPSA) is 41.6 Å². The number of hydrogen-bond acceptors (Lipinski definition) is 5. The molecule has 3 aromatic heterocycles. The second-order valence-electron chi connectivity index (χ2n) is 19.4. The molecule has 0 fully saturated rings. The molecule has 4 heterocycles. The zero-order chi connectivity index (χ0) is 43.5. The molecule has 1 aliphatic heterocycles. The first-order valence-corrected chi connectivity index (χ1v) is 23.1. The largest absolute Gasteiger partial charge is 0.456 e. The molecule has 1 N–H and O–H groups in total. The van der Waals surface area contributed by atoms with Crippen LogP contribution in [0.5, 0.6) is 0 Å². The lowest BCUT2D eigenvalue weighted by Gasteiger charge is -2.35. The average Bonchev–Trinajstić information content (AvgIpc) is 3.98. The highest BCUT2D eigenvalue weighted by Gasteiger charge is 2.35. The van der Waals surface area contributed by atoms with E-state index in [2.05, 4.69) is 209 Å². The van der Waals surface area contributed by atoms with E-state index in [-0.39, 0.29) is 10.8 Å². The molecule has 6 heteroatoms. The Hall–Kier alpha value is -7.02. The number of anilines is 5. The number of fused-ring (bicyclic) bond motifs is 10. The fourth-order valence-corrected chi connectivity index (χ4v) is 11.1. The van der Waals surface area contributed by atoms with Gasteiger partial charge in [-0.1, -0.05) is 145 Å². The number of thiophene rings is 1. The summed E-state index contributed by atoms with van der Waals surface area (Å²) >= 11 is 1.89. The van der Waals surface area contributed by atoms with Gasteiger partial charge >= 0.3 is 0 Å². The van der Waals surface area contributed by atoms with Crippen LogP contribution >= 0.6 is 11.3 Å². The van der Waals surface area contributed by atoms with Crippen molar-refractivity contribution in [3.8, 4) is 22.3 Å². The van der Waals surface area contributed by atoms with Gasteiger partial charge in [0.2, 0.25) is 7.28 Å². The van der Waals surface area contributed by atoms with Crippen LogP contribution < -0.4 is 20.5 Å². The minimum atomic E-state index is -0.0388. The monoisotopic (exact) mass is 846 g/mol. The second-order valence-corrected chi connectivity index (χ2v) is 20.5. The maximum Gasteiger partial charge on any atom is 0.211 e. The quantitative estimate of drug-likeness (QED) is 0.175. The van der Waals surface area contributed by atoms with E-state index in [0.29, 0.717) is 0 Å². The molecule has 0 atom stereocenters. The van der Waals surface area contributed by atoms with Crippen LogP contribution in [0.4, 0.5) is 28.4 Å². The molecule has 0 saturated heterocycles. The summed E-state index contributed by atoms with van der Waals surface area (Å²) in [6.45, 7) is 13.7. The van der Waals surface area contributed by atoms with E-state index in [1.54, 1.807) is 0 Å². The summed E-state index contributed by atoms with van der Waals surface area (Å²) in [7, 11) is 0.738. The van der Waals surface area contributed by atoms with E-state index in [0.717, 1.165) is 85.0 Å². The summed E-state index contributed by atoms with van der Waals surface area (Å²) in [6.07, 6.45) is 0. The predicted molar refractivity (Wildman–Crippen MR) is 275 cm³/mol. The predicted octanol–water partition coefficient (Wildman–Crippen LogP) is 15.5. The van der Waals surface area contributed by atoms with Gasteiger partial charge in [0.15, 0.2) is 0 Å². The van der Waals surface area contributed by atoms with Crippen molar-refractivity contribution >= 4 is 111 Å². The highest BCUT2D eigenvalue weighted by Crippen LogP contribution is 2.51. The third-order valence-corrected chi connectivity index (χ3v) is 14.4. The van der Waals surface area contributed by atoms with Crippen molar-refractivity contribution in [1.29, 1.82) is 0 Å². The standard InChI is InChI=1S/C58H47BN2O2S/c1-57(2,3)35-24-27-37(28-25-35)60-45-31-42-38-18-10-13-21-48(38)62-50(42)33-44(45)52-53-47(32-43-39-19-11-14-22-49(39)63-55(43)52)61(54-40-20-12-15-23-51(40)64-56(54)59-53)46-29-26-36(58(4,5)6)30-41(46)34-16-8-7-9-17-34/h7-33,59-60H,1-6H3. The van der Waals surface area contributed by atoms with Gasteiger partial charge in [-0.2, -0.15) is 0 Å². The lowest BCUT2D eigenvalue weighted by Crippen LogP contribution is -2.39. The summed E-state index contributed by atoms with van der Waals surface area (Å²) in [5, 5.41) is 9.53. The van der Waals surface area contributed by atoms with Gasteiger partial charge in [0.1, 0.15) is 22.3 Å². The van der Waals surface area contributed by atoms with Crippen molar-refractivity contribution in [2.75, 3.05) is 10.2 Å². The van der Waals surface area contributed by atoms with E-state index >= 15 is 0 Å². The highest BCUT2D eigenvalue weighted by molar-refractivity contribution is 7.29. The van der Waals surface area contributed by atoms with Crippen molar-refractivity contribution in [2.45, 2.75) is 52.4 Å². The van der Waals surface area contributed by atoms with Crippen LogP contribution in [0, 0.1) is 0 Å². The van der Waals surface area contributed by atoms with Gasteiger partial charge in [-0.25, -0.2) is 0 Å². The third-order valence-electron chi connectivity index (χ3n) is 13.2. The number of furan rings is 2. The van der Waals surface area contributed by atoms with Gasteiger partial charge in [-0.05, 0) is 98.4 Å². The molecule has 310 valence electrons. The summed E-state index contributed by atoms with van der Waals surface area (Å²) in [5.74, 6) is 0. The minimum absolute atomic E-state index is 0.0388. The van der Waals surface area contributed by atoms with Crippen molar-refractivity contribution in [3.05, 3.63) is 175 Å². The summed E-state index contributed by atoms with van der Waals surface area (Å²) in [4.78, 5) is 2.57. The molecule has 0 bridgehead atoms. The zero-order valence-electron chi connectivity index (χ0n) is 37.0. The normalized spacial score (nSPS) is 12.9. The molecule has 0 saturated carbocycles. The first-order valence-electron chi connectivity index (χ1n) is 22.3. The van der Waals surface area contributed by atoms with E-state index in [4.69, 9.17) is 8.83 Å². The molecule has 1 aliphatic rings. The number of rotatable bonds is 5. The molecule has 4 nitrogen and oxygen atoms in total. The van der Waals surface area contributed by atoms with E-state index < -0.39 is 0 Å². The van der Waals surface area contributed by atoms with Crippen LogP contribution in [0.25, 0.3) is 76.2 Å². The second kappa shape index (κ2) is 14.3. The molecule has 0 radical (unpaired) electrons. The fraction of sp³-hybridized carbons (Fsp3) is 0.138. The molecule has 0 amide bonds. The van der Waals surface area contributed by atoms with Crippen molar-refractivity contribution in [1.82, 2.24) is 0 Å². The van der Waals surface area contributed by atoms with E-state index in [1.165, 1.54) is 48.3 Å². The molecule has 0 aliphatic carbocycles. The zero-order valence-corrected chi connectivity index (χ0v) is 37.8. The smallest absolute Gasteiger partial charge is 0.211 e. The van der Waals surface area contributed by atoms with Gasteiger partial charge in [-0.3, -0.25) is 0 Å². The lowest BCUT2D eigenvalue weighted by atomic mass is 9.61. The maximum absolute atomic E-state index is 7.09. The fourth-order valence-electron chi connectivity index (χ4n) is 9.86. The first kappa shape index (κ1) is 38.6. The van der Waals surface area contributed by atoms with Crippen LogP contribution in [0.2, 0.25) is 0 Å². The molecule has 11 aromatic rings. The Bertz CT molecular complexity index is 3640. The van der Waals surface area contributed by atoms with Crippen molar-refractivity contribution < 1.29 is 8.83 Å². The van der Waals surface area contributed by atoms with Crippen molar-refractivity contribution in [2.24, 2.45) is 0 Å². The number of para-hydroxylation sites is 2. The van der Waals surface area contributed by atoms with Crippen LogP contribution in [0.15, 0.2) is 173 Å². The Morgan fingerprint density at radius 3 is 1.89 bits per heavy atom. The minimum Gasteiger partial charge on any atom is -0.456 e. The first-order chi connectivity index (χ1) is 31.0. The Labute approximate surface area is 378 Å². The molecule has 8 aromatic carbocycles. The molecular formula is C58H47BN2O2S. The van der Waals surface area contributed by atoms with Gasteiger partial charge in [0.05, 0.1) is 11.4 Å². The molecule has 12 rings (SSSR count). The van der Waals surface area contributed by atoms with Gasteiger partial charge in [0, 0.05) is 65.4 Å². The number of nitrogens with one attached hydrogen (secondary N) is 1. The summed E-state index contributed by atoms with van der Waals surface area (Å²) in [6, 6.07) is 59.6. The van der Waals surface area contributed by atoms with Gasteiger partial charge in [-0.15, -0.1) is 11.3 Å².